The van der Waals surface area contributed by atoms with Gasteiger partial charge in [-0.3, -0.25) is 4.79 Å². The third kappa shape index (κ3) is 3.40. The van der Waals surface area contributed by atoms with Crippen molar-refractivity contribution in [1.29, 1.82) is 0 Å². The number of benzene rings is 1. The van der Waals surface area contributed by atoms with Gasteiger partial charge < -0.3 is 19.5 Å². The van der Waals surface area contributed by atoms with Gasteiger partial charge in [-0.05, 0) is 36.5 Å². The van der Waals surface area contributed by atoms with Crippen LogP contribution in [0.5, 0.6) is 11.5 Å². The van der Waals surface area contributed by atoms with Gasteiger partial charge in [0.2, 0.25) is 5.91 Å². The fraction of sp³-hybridized carbons (Fsp3) is 0.588. The Morgan fingerprint density at radius 3 is 2.96 bits per heavy atom. The number of carbonyl (C=O) groups is 1. The second-order valence-electron chi connectivity index (χ2n) is 6.24. The largest absolute Gasteiger partial charge is 0.486 e. The van der Waals surface area contributed by atoms with Crippen molar-refractivity contribution < 1.29 is 19.4 Å². The summed E-state index contributed by atoms with van der Waals surface area (Å²) >= 11 is 6.23. The minimum Gasteiger partial charge on any atom is -0.486 e. The maximum atomic E-state index is 12.7. The van der Waals surface area contributed by atoms with E-state index in [0.29, 0.717) is 42.2 Å². The lowest BCUT2D eigenvalue weighted by Gasteiger charge is -2.39. The maximum absolute atomic E-state index is 12.7. The van der Waals surface area contributed by atoms with Crippen LogP contribution in [0.15, 0.2) is 12.1 Å². The summed E-state index contributed by atoms with van der Waals surface area (Å²) in [4.78, 5) is 14.5. The Morgan fingerprint density at radius 2 is 2.17 bits per heavy atom. The van der Waals surface area contributed by atoms with Crippen LogP contribution in [0, 0.1) is 5.92 Å². The van der Waals surface area contributed by atoms with Gasteiger partial charge in [0.25, 0.3) is 0 Å². The van der Waals surface area contributed by atoms with Crippen LogP contribution in [0.3, 0.4) is 0 Å². The molecule has 126 valence electrons. The van der Waals surface area contributed by atoms with Gasteiger partial charge in [-0.1, -0.05) is 18.5 Å². The highest BCUT2D eigenvalue weighted by Gasteiger charge is 2.31. The molecule has 2 aliphatic heterocycles. The molecule has 0 aliphatic carbocycles. The van der Waals surface area contributed by atoms with Crippen molar-refractivity contribution in [2.75, 3.05) is 26.4 Å². The molecule has 2 aliphatic rings. The Morgan fingerprint density at radius 1 is 1.39 bits per heavy atom. The first-order chi connectivity index (χ1) is 11.1. The average Bonchev–Trinajstić information content (AvgIpc) is 2.54. The molecule has 1 saturated heterocycles. The average molecular weight is 340 g/mol. The monoisotopic (exact) mass is 339 g/mol. The van der Waals surface area contributed by atoms with Crippen LogP contribution in [-0.4, -0.2) is 48.3 Å². The Balaban J connectivity index is 1.76. The summed E-state index contributed by atoms with van der Waals surface area (Å²) in [6.45, 7) is 3.76. The van der Waals surface area contributed by atoms with Crippen molar-refractivity contribution in [3.63, 3.8) is 0 Å². The number of hydrogen-bond acceptors (Lipinski definition) is 4. The van der Waals surface area contributed by atoms with Gasteiger partial charge in [-0.25, -0.2) is 0 Å². The summed E-state index contributed by atoms with van der Waals surface area (Å²) < 4.78 is 11.1. The molecular formula is C17H22ClNO4. The molecule has 3 rings (SSSR count). The van der Waals surface area contributed by atoms with Crippen LogP contribution in [-0.2, 0) is 11.2 Å². The normalized spacial score (nSPS) is 23.7. The molecule has 1 aromatic rings. The van der Waals surface area contributed by atoms with E-state index in [-0.39, 0.29) is 25.0 Å². The Kier molecular flexibility index (Phi) is 4.97. The molecule has 2 heterocycles. The summed E-state index contributed by atoms with van der Waals surface area (Å²) in [5, 5.41) is 10.1. The van der Waals surface area contributed by atoms with E-state index >= 15 is 0 Å². The number of aliphatic hydroxyl groups is 1. The summed E-state index contributed by atoms with van der Waals surface area (Å²) in [7, 11) is 0. The van der Waals surface area contributed by atoms with Crippen molar-refractivity contribution in [2.45, 2.75) is 32.2 Å². The highest BCUT2D eigenvalue weighted by atomic mass is 35.5. The van der Waals surface area contributed by atoms with Gasteiger partial charge >= 0.3 is 0 Å². The number of halogens is 1. The summed E-state index contributed by atoms with van der Waals surface area (Å²) in [6, 6.07) is 3.48. The summed E-state index contributed by atoms with van der Waals surface area (Å²) in [6.07, 6.45) is 2.27. The molecule has 0 radical (unpaired) electrons. The smallest absolute Gasteiger partial charge is 0.227 e. The van der Waals surface area contributed by atoms with E-state index in [4.69, 9.17) is 21.1 Å². The molecule has 2 unspecified atom stereocenters. The Hall–Kier alpha value is -1.46. The van der Waals surface area contributed by atoms with E-state index in [1.165, 1.54) is 0 Å². The van der Waals surface area contributed by atoms with Crippen molar-refractivity contribution >= 4 is 17.5 Å². The third-order valence-electron chi connectivity index (χ3n) is 4.64. The highest BCUT2D eigenvalue weighted by molar-refractivity contribution is 6.32. The van der Waals surface area contributed by atoms with Crippen molar-refractivity contribution in [3.05, 3.63) is 22.7 Å². The van der Waals surface area contributed by atoms with Gasteiger partial charge in [-0.15, -0.1) is 0 Å². The Bertz CT molecular complexity index is 592. The predicted octanol–water partition coefficient (Wildman–Crippen LogP) is 2.27. The number of carbonyl (C=O) groups excluding carboxylic acids is 1. The number of aliphatic hydroxyl groups excluding tert-OH is 1. The molecule has 1 aromatic carbocycles. The standard InChI is InChI=1S/C17H22ClNO4/c1-11-3-2-4-19(14(11)10-20)16(21)9-12-7-13(18)17-15(8-12)22-5-6-23-17/h7-8,11,14,20H,2-6,9-10H2,1H3. The number of fused-ring (bicyclic) bond motifs is 1. The van der Waals surface area contributed by atoms with Gasteiger partial charge in [0.05, 0.1) is 24.1 Å². The molecule has 2 atom stereocenters. The van der Waals surface area contributed by atoms with E-state index in [0.717, 1.165) is 18.4 Å². The van der Waals surface area contributed by atoms with Crippen LogP contribution in [0.25, 0.3) is 0 Å². The zero-order chi connectivity index (χ0) is 16.4. The van der Waals surface area contributed by atoms with E-state index in [1.54, 1.807) is 11.0 Å². The zero-order valence-electron chi connectivity index (χ0n) is 13.3. The minimum atomic E-state index is -0.0936. The van der Waals surface area contributed by atoms with Crippen LogP contribution in [0.4, 0.5) is 0 Å². The highest BCUT2D eigenvalue weighted by Crippen LogP contribution is 2.38. The number of rotatable bonds is 3. The molecule has 0 spiro atoms. The predicted molar refractivity (Wildman–Crippen MR) is 87.1 cm³/mol. The minimum absolute atomic E-state index is 0.00873. The van der Waals surface area contributed by atoms with Crippen LogP contribution in [0.2, 0.25) is 5.02 Å². The second kappa shape index (κ2) is 6.97. The van der Waals surface area contributed by atoms with Gasteiger partial charge in [-0.2, -0.15) is 0 Å². The fourth-order valence-corrected chi connectivity index (χ4v) is 3.67. The van der Waals surface area contributed by atoms with Gasteiger partial charge in [0.15, 0.2) is 11.5 Å². The van der Waals surface area contributed by atoms with E-state index in [2.05, 4.69) is 6.92 Å². The molecule has 6 heteroatoms. The number of nitrogens with zero attached hydrogens (tertiary/aromatic N) is 1. The van der Waals surface area contributed by atoms with Crippen LogP contribution >= 0.6 is 11.6 Å². The number of piperidine rings is 1. The van der Waals surface area contributed by atoms with E-state index in [9.17, 15) is 9.90 Å². The summed E-state index contributed by atoms with van der Waals surface area (Å²) in [5.74, 6) is 1.48. The number of hydrogen-bond donors (Lipinski definition) is 1. The molecule has 23 heavy (non-hydrogen) atoms. The van der Waals surface area contributed by atoms with Crippen molar-refractivity contribution in [3.8, 4) is 11.5 Å². The molecular weight excluding hydrogens is 318 g/mol. The lowest BCUT2D eigenvalue weighted by Crippen LogP contribution is -2.50. The van der Waals surface area contributed by atoms with Gasteiger partial charge in [0, 0.05) is 6.54 Å². The molecule has 1 fully saturated rings. The number of likely N-dealkylation sites (tertiary alicyclic amines) is 1. The number of ether oxygens (including phenoxy) is 2. The topological polar surface area (TPSA) is 59.0 Å². The third-order valence-corrected chi connectivity index (χ3v) is 4.92. The molecule has 1 N–H and O–H groups in total. The van der Waals surface area contributed by atoms with Crippen molar-refractivity contribution in [1.82, 2.24) is 4.90 Å². The lowest BCUT2D eigenvalue weighted by molar-refractivity contribution is -0.136. The molecule has 1 amide bonds. The first-order valence-electron chi connectivity index (χ1n) is 8.08. The van der Waals surface area contributed by atoms with Gasteiger partial charge in [0.1, 0.15) is 13.2 Å². The SMILES string of the molecule is CC1CCCN(C(=O)Cc2cc(Cl)c3c(c2)OCCO3)C1CO. The first kappa shape index (κ1) is 16.4. The zero-order valence-corrected chi connectivity index (χ0v) is 14.0. The van der Waals surface area contributed by atoms with Crippen molar-refractivity contribution in [2.24, 2.45) is 5.92 Å². The molecule has 5 nitrogen and oxygen atoms in total. The maximum Gasteiger partial charge on any atom is 0.227 e. The first-order valence-corrected chi connectivity index (χ1v) is 8.46. The molecule has 0 aromatic heterocycles. The molecule has 0 saturated carbocycles. The van der Waals surface area contributed by atoms with E-state index < -0.39 is 0 Å². The quantitative estimate of drug-likeness (QED) is 0.917. The van der Waals surface area contributed by atoms with Crippen LogP contribution in [0.1, 0.15) is 25.3 Å². The van der Waals surface area contributed by atoms with E-state index in [1.807, 2.05) is 6.07 Å². The fourth-order valence-electron chi connectivity index (χ4n) is 3.38. The van der Waals surface area contributed by atoms with Crippen LogP contribution < -0.4 is 9.47 Å². The second-order valence-corrected chi connectivity index (χ2v) is 6.64. The number of amides is 1. The lowest BCUT2D eigenvalue weighted by atomic mass is 9.91. The Labute approximate surface area is 141 Å². The molecule has 0 bridgehead atoms. The summed E-state index contributed by atoms with van der Waals surface area (Å²) in [5.41, 5.74) is 0.805.